The first kappa shape index (κ1) is 17.1. The Bertz CT molecular complexity index is 714. The predicted octanol–water partition coefficient (Wildman–Crippen LogP) is 2.74. The molecule has 2 rings (SSSR count). The Hall–Kier alpha value is -3.22. The van der Waals surface area contributed by atoms with Gasteiger partial charge >= 0.3 is 0 Å². The van der Waals surface area contributed by atoms with E-state index in [1.54, 1.807) is 24.3 Å². The van der Waals surface area contributed by atoms with E-state index < -0.39 is 4.92 Å². The van der Waals surface area contributed by atoms with E-state index in [-0.39, 0.29) is 23.9 Å². The van der Waals surface area contributed by atoms with E-state index in [1.807, 2.05) is 6.07 Å². The molecule has 0 bridgehead atoms. The first-order chi connectivity index (χ1) is 11.6. The molecule has 0 spiro atoms. The van der Waals surface area contributed by atoms with Crippen molar-refractivity contribution >= 4 is 23.2 Å². The van der Waals surface area contributed by atoms with Crippen molar-refractivity contribution in [1.29, 1.82) is 0 Å². The topological polar surface area (TPSA) is 101 Å². The van der Waals surface area contributed by atoms with Crippen molar-refractivity contribution in [3.8, 4) is 0 Å². The number of hydrogen-bond acceptors (Lipinski definition) is 4. The highest BCUT2D eigenvalue weighted by Crippen LogP contribution is 2.15. The summed E-state index contributed by atoms with van der Waals surface area (Å²) in [6, 6.07) is 14.5. The number of nitrogens with one attached hydrogen (secondary N) is 2. The second-order valence-corrected chi connectivity index (χ2v) is 5.08. The van der Waals surface area contributed by atoms with Gasteiger partial charge in [-0.3, -0.25) is 19.7 Å². The normalized spacial score (nSPS) is 10.0. The average Bonchev–Trinajstić information content (AvgIpc) is 2.59. The van der Waals surface area contributed by atoms with Gasteiger partial charge in [0.2, 0.25) is 5.91 Å². The van der Waals surface area contributed by atoms with Gasteiger partial charge < -0.3 is 10.6 Å². The van der Waals surface area contributed by atoms with Crippen LogP contribution in [0.25, 0.3) is 0 Å². The highest BCUT2D eigenvalue weighted by atomic mass is 16.6. The molecule has 2 aromatic rings. The van der Waals surface area contributed by atoms with Crippen molar-refractivity contribution in [2.24, 2.45) is 0 Å². The van der Waals surface area contributed by atoms with Crippen LogP contribution in [0.1, 0.15) is 23.2 Å². The van der Waals surface area contributed by atoms with E-state index in [0.717, 1.165) is 0 Å². The highest BCUT2D eigenvalue weighted by Gasteiger charge is 2.07. The maximum atomic E-state index is 11.8. The van der Waals surface area contributed by atoms with Crippen LogP contribution in [0.5, 0.6) is 0 Å². The zero-order valence-electron chi connectivity index (χ0n) is 12.9. The number of anilines is 1. The van der Waals surface area contributed by atoms with E-state index in [4.69, 9.17) is 0 Å². The van der Waals surface area contributed by atoms with E-state index in [9.17, 15) is 19.7 Å². The Kier molecular flexibility index (Phi) is 6.01. The number of benzene rings is 2. The number of carbonyl (C=O) groups is 2. The van der Waals surface area contributed by atoms with Gasteiger partial charge in [-0.25, -0.2) is 0 Å². The smallest absolute Gasteiger partial charge is 0.269 e. The molecule has 0 unspecified atom stereocenters. The molecule has 0 aliphatic rings. The van der Waals surface area contributed by atoms with Crippen LogP contribution in [0, 0.1) is 10.1 Å². The van der Waals surface area contributed by atoms with Crippen LogP contribution in [-0.2, 0) is 4.79 Å². The number of carbonyl (C=O) groups excluding carboxylic acids is 2. The Morgan fingerprint density at radius 3 is 2.29 bits per heavy atom. The summed E-state index contributed by atoms with van der Waals surface area (Å²) in [5.41, 5.74) is 1.04. The molecule has 2 aromatic carbocycles. The molecule has 0 radical (unpaired) electrons. The van der Waals surface area contributed by atoms with Crippen LogP contribution >= 0.6 is 0 Å². The Morgan fingerprint density at radius 1 is 1.00 bits per heavy atom. The summed E-state index contributed by atoms with van der Waals surface area (Å²) >= 11 is 0. The Labute approximate surface area is 138 Å². The van der Waals surface area contributed by atoms with Crippen LogP contribution in [0.3, 0.4) is 0 Å². The molecule has 124 valence electrons. The van der Waals surface area contributed by atoms with Gasteiger partial charge in [0.05, 0.1) is 4.92 Å². The van der Waals surface area contributed by atoms with Gasteiger partial charge in [-0.1, -0.05) is 18.2 Å². The Morgan fingerprint density at radius 2 is 1.67 bits per heavy atom. The summed E-state index contributed by atoms with van der Waals surface area (Å²) < 4.78 is 0. The lowest BCUT2D eigenvalue weighted by molar-refractivity contribution is -0.384. The summed E-state index contributed by atoms with van der Waals surface area (Å²) in [4.78, 5) is 33.6. The van der Waals surface area contributed by atoms with E-state index in [1.165, 1.54) is 24.3 Å². The Balaban J connectivity index is 1.70. The minimum absolute atomic E-state index is 0.0309. The summed E-state index contributed by atoms with van der Waals surface area (Å²) in [6.07, 6.45) is 0.740. The van der Waals surface area contributed by atoms with Crippen molar-refractivity contribution in [2.75, 3.05) is 11.9 Å². The summed E-state index contributed by atoms with van der Waals surface area (Å²) in [5.74, 6) is -0.385. The summed E-state index contributed by atoms with van der Waals surface area (Å²) in [7, 11) is 0. The van der Waals surface area contributed by atoms with Gasteiger partial charge in [0.25, 0.3) is 11.6 Å². The van der Waals surface area contributed by atoms with Crippen molar-refractivity contribution < 1.29 is 14.5 Å². The molecular weight excluding hydrogens is 310 g/mol. The number of nitro groups is 1. The number of nitrogens with zero attached hydrogens (tertiary/aromatic N) is 1. The van der Waals surface area contributed by atoms with Gasteiger partial charge in [-0.15, -0.1) is 0 Å². The molecule has 0 aliphatic carbocycles. The fourth-order valence-electron chi connectivity index (χ4n) is 2.03. The summed E-state index contributed by atoms with van der Waals surface area (Å²) in [5, 5.41) is 15.9. The fourth-order valence-corrected chi connectivity index (χ4v) is 2.03. The molecule has 0 heterocycles. The van der Waals surface area contributed by atoms with E-state index in [2.05, 4.69) is 10.6 Å². The van der Waals surface area contributed by atoms with Gasteiger partial charge in [-0.2, -0.15) is 0 Å². The van der Waals surface area contributed by atoms with Crippen LogP contribution in [-0.4, -0.2) is 23.3 Å². The molecule has 7 heteroatoms. The zero-order chi connectivity index (χ0) is 17.4. The monoisotopic (exact) mass is 327 g/mol. The molecule has 0 atom stereocenters. The predicted molar refractivity (Wildman–Crippen MR) is 89.7 cm³/mol. The SMILES string of the molecule is O=C(CCCNC(=O)c1ccccc1)Nc1ccc([N+](=O)[O-])cc1. The molecule has 0 saturated heterocycles. The van der Waals surface area contributed by atoms with Crippen molar-refractivity contribution in [1.82, 2.24) is 5.32 Å². The molecule has 24 heavy (non-hydrogen) atoms. The van der Waals surface area contributed by atoms with Crippen molar-refractivity contribution in [3.63, 3.8) is 0 Å². The minimum atomic E-state index is -0.499. The maximum Gasteiger partial charge on any atom is 0.269 e. The summed E-state index contributed by atoms with van der Waals surface area (Å²) in [6.45, 7) is 0.390. The van der Waals surface area contributed by atoms with E-state index >= 15 is 0 Å². The van der Waals surface area contributed by atoms with Crippen LogP contribution < -0.4 is 10.6 Å². The van der Waals surface area contributed by atoms with Crippen molar-refractivity contribution in [3.05, 3.63) is 70.3 Å². The van der Waals surface area contributed by atoms with Gasteiger partial charge in [0, 0.05) is 36.3 Å². The fraction of sp³-hybridized carbons (Fsp3) is 0.176. The third kappa shape index (κ3) is 5.20. The lowest BCUT2D eigenvalue weighted by Crippen LogP contribution is -2.25. The highest BCUT2D eigenvalue weighted by molar-refractivity contribution is 5.94. The van der Waals surface area contributed by atoms with Gasteiger partial charge in [-0.05, 0) is 30.7 Å². The third-order valence-corrected chi connectivity index (χ3v) is 3.26. The number of hydrogen-bond donors (Lipinski definition) is 2. The lowest BCUT2D eigenvalue weighted by Gasteiger charge is -2.06. The minimum Gasteiger partial charge on any atom is -0.352 e. The molecular formula is C17H17N3O4. The standard InChI is InChI=1S/C17H17N3O4/c21-16(19-14-8-10-15(11-9-14)20(23)24)7-4-12-18-17(22)13-5-2-1-3-6-13/h1-3,5-6,8-11H,4,7,12H2,(H,18,22)(H,19,21). The van der Waals surface area contributed by atoms with Crippen LogP contribution in [0.4, 0.5) is 11.4 Å². The number of amides is 2. The molecule has 7 nitrogen and oxygen atoms in total. The quantitative estimate of drug-likeness (QED) is 0.464. The maximum absolute atomic E-state index is 11.8. The number of non-ortho nitro benzene ring substituents is 1. The molecule has 2 amide bonds. The second-order valence-electron chi connectivity index (χ2n) is 5.08. The van der Waals surface area contributed by atoms with Gasteiger partial charge in [0.15, 0.2) is 0 Å². The second kappa shape index (κ2) is 8.42. The number of nitro benzene ring substituents is 1. The number of rotatable bonds is 7. The molecule has 0 fully saturated rings. The molecule has 2 N–H and O–H groups in total. The first-order valence-corrected chi connectivity index (χ1v) is 7.44. The largest absolute Gasteiger partial charge is 0.352 e. The van der Waals surface area contributed by atoms with E-state index in [0.29, 0.717) is 24.2 Å². The average molecular weight is 327 g/mol. The third-order valence-electron chi connectivity index (χ3n) is 3.26. The van der Waals surface area contributed by atoms with Gasteiger partial charge in [0.1, 0.15) is 0 Å². The zero-order valence-corrected chi connectivity index (χ0v) is 12.9. The molecule has 0 aliphatic heterocycles. The molecule has 0 aromatic heterocycles. The van der Waals surface area contributed by atoms with Crippen LogP contribution in [0.15, 0.2) is 54.6 Å². The first-order valence-electron chi connectivity index (χ1n) is 7.44. The molecule has 0 saturated carbocycles. The van der Waals surface area contributed by atoms with Crippen LogP contribution in [0.2, 0.25) is 0 Å². The van der Waals surface area contributed by atoms with Crippen molar-refractivity contribution in [2.45, 2.75) is 12.8 Å². The lowest BCUT2D eigenvalue weighted by atomic mass is 10.2.